The molecule has 1 saturated carbocycles. The molecule has 1 aliphatic rings. The molecule has 2 unspecified atom stereocenters. The molecule has 1 aromatic rings. The lowest BCUT2D eigenvalue weighted by molar-refractivity contribution is -0.142. The van der Waals surface area contributed by atoms with Crippen LogP contribution in [0.3, 0.4) is 0 Å². The second kappa shape index (κ2) is 11.2. The minimum Gasteiger partial charge on any atom is -0.508 e. The van der Waals surface area contributed by atoms with Crippen LogP contribution in [-0.4, -0.2) is 52.1 Å². The van der Waals surface area contributed by atoms with Gasteiger partial charge in [0.05, 0.1) is 0 Å². The number of carbonyl (C=O) groups excluding carboxylic acids is 3. The van der Waals surface area contributed by atoms with Crippen LogP contribution >= 0.6 is 0 Å². The first-order valence-electron chi connectivity index (χ1n) is 11.4. The molecule has 2 atom stereocenters. The fourth-order valence-corrected chi connectivity index (χ4v) is 3.96. The van der Waals surface area contributed by atoms with Crippen molar-refractivity contribution in [3.63, 3.8) is 0 Å². The lowest BCUT2D eigenvalue weighted by Crippen LogP contribution is -2.52. The second-order valence-electron chi connectivity index (χ2n) is 9.33. The summed E-state index contributed by atoms with van der Waals surface area (Å²) in [5.41, 5.74) is -0.181. The third-order valence-corrected chi connectivity index (χ3v) is 5.42. The highest BCUT2D eigenvalue weighted by atomic mass is 16.6. The minimum atomic E-state index is -0.926. The number of benzene rings is 1. The van der Waals surface area contributed by atoms with Gasteiger partial charge in [-0.25, -0.2) is 4.79 Å². The quantitative estimate of drug-likeness (QED) is 0.591. The van der Waals surface area contributed by atoms with Crippen LogP contribution < -0.4 is 10.6 Å². The first kappa shape index (κ1) is 25.5. The zero-order valence-corrected chi connectivity index (χ0v) is 19.8. The molecule has 1 aromatic carbocycles. The molecule has 2 rings (SSSR count). The van der Waals surface area contributed by atoms with Crippen molar-refractivity contribution in [1.29, 1.82) is 0 Å². The van der Waals surface area contributed by atoms with Crippen LogP contribution in [0.15, 0.2) is 24.3 Å². The normalized spacial score (nSPS) is 16.5. The summed E-state index contributed by atoms with van der Waals surface area (Å²) in [6.07, 6.45) is 4.42. The maximum Gasteiger partial charge on any atom is 0.408 e. The predicted octanol–water partition coefficient (Wildman–Crippen LogP) is 3.64. The van der Waals surface area contributed by atoms with Crippen molar-refractivity contribution < 1.29 is 24.2 Å². The first-order chi connectivity index (χ1) is 15.0. The van der Waals surface area contributed by atoms with Crippen molar-refractivity contribution in [3.8, 4) is 5.75 Å². The number of phenolic OH excluding ortho intramolecular Hbond substituents is 1. The lowest BCUT2D eigenvalue weighted by Gasteiger charge is -2.34. The van der Waals surface area contributed by atoms with E-state index in [1.165, 1.54) is 17.0 Å². The monoisotopic (exact) mass is 447 g/mol. The standard InChI is InChI=1S/C24H37N3O5/c1-6-27(22(30)16(2)25-23(31)32-24(3,4)5)20(17-11-10-14-19(28)15-17)21(29)26-18-12-8-7-9-13-18/h10-11,14-16,18,20,28H,6-9,12-13H2,1-5H3,(H,25,31)(H,26,29). The Morgan fingerprint density at radius 3 is 2.41 bits per heavy atom. The number of nitrogens with zero attached hydrogens (tertiary/aromatic N) is 1. The summed E-state index contributed by atoms with van der Waals surface area (Å²) in [4.78, 5) is 40.2. The van der Waals surface area contributed by atoms with Crippen LogP contribution in [-0.2, 0) is 14.3 Å². The molecule has 0 saturated heterocycles. The van der Waals surface area contributed by atoms with Crippen molar-refractivity contribution in [3.05, 3.63) is 29.8 Å². The van der Waals surface area contributed by atoms with Gasteiger partial charge in [-0.1, -0.05) is 31.4 Å². The fraction of sp³-hybridized carbons (Fsp3) is 0.625. The predicted molar refractivity (Wildman–Crippen MR) is 122 cm³/mol. The van der Waals surface area contributed by atoms with Crippen LogP contribution in [0.1, 0.15) is 78.3 Å². The molecule has 8 heteroatoms. The zero-order valence-electron chi connectivity index (χ0n) is 19.8. The van der Waals surface area contributed by atoms with Gasteiger partial charge in [-0.2, -0.15) is 0 Å². The van der Waals surface area contributed by atoms with Crippen LogP contribution in [0, 0.1) is 0 Å². The molecule has 0 spiro atoms. The van der Waals surface area contributed by atoms with Gasteiger partial charge in [-0.3, -0.25) is 9.59 Å². The summed E-state index contributed by atoms with van der Waals surface area (Å²) in [7, 11) is 0. The van der Waals surface area contributed by atoms with E-state index in [1.807, 2.05) is 0 Å². The van der Waals surface area contributed by atoms with Gasteiger partial charge in [-0.05, 0) is 65.2 Å². The van der Waals surface area contributed by atoms with E-state index in [1.54, 1.807) is 46.8 Å². The molecule has 8 nitrogen and oxygen atoms in total. The molecular weight excluding hydrogens is 410 g/mol. The molecule has 178 valence electrons. The van der Waals surface area contributed by atoms with Gasteiger partial charge in [0.1, 0.15) is 23.4 Å². The Bertz CT molecular complexity index is 799. The average Bonchev–Trinajstić information content (AvgIpc) is 2.70. The van der Waals surface area contributed by atoms with Gasteiger partial charge in [0.15, 0.2) is 0 Å². The molecule has 1 aliphatic carbocycles. The smallest absolute Gasteiger partial charge is 0.408 e. The number of ether oxygens (including phenoxy) is 1. The van der Waals surface area contributed by atoms with E-state index in [0.29, 0.717) is 5.56 Å². The number of nitrogens with one attached hydrogen (secondary N) is 2. The number of likely N-dealkylation sites (N-methyl/N-ethyl adjacent to an activating group) is 1. The second-order valence-corrected chi connectivity index (χ2v) is 9.33. The van der Waals surface area contributed by atoms with Crippen molar-refractivity contribution in [2.45, 2.75) is 90.4 Å². The number of carbonyl (C=O) groups is 3. The fourth-order valence-electron chi connectivity index (χ4n) is 3.96. The van der Waals surface area contributed by atoms with Gasteiger partial charge in [-0.15, -0.1) is 0 Å². The number of hydrogen-bond donors (Lipinski definition) is 3. The largest absolute Gasteiger partial charge is 0.508 e. The third-order valence-electron chi connectivity index (χ3n) is 5.42. The van der Waals surface area contributed by atoms with Crippen LogP contribution in [0.2, 0.25) is 0 Å². The molecule has 3 amide bonds. The Balaban J connectivity index is 2.25. The number of alkyl carbamates (subject to hydrolysis) is 1. The Morgan fingerprint density at radius 2 is 1.84 bits per heavy atom. The highest BCUT2D eigenvalue weighted by molar-refractivity contribution is 5.92. The van der Waals surface area contributed by atoms with Gasteiger partial charge in [0, 0.05) is 12.6 Å². The Hall–Kier alpha value is -2.77. The number of rotatable bonds is 7. The van der Waals surface area contributed by atoms with E-state index in [-0.39, 0.29) is 24.2 Å². The van der Waals surface area contributed by atoms with Crippen molar-refractivity contribution in [2.24, 2.45) is 0 Å². The molecular formula is C24H37N3O5. The van der Waals surface area contributed by atoms with Crippen molar-refractivity contribution >= 4 is 17.9 Å². The topological polar surface area (TPSA) is 108 Å². The van der Waals surface area contributed by atoms with E-state index in [9.17, 15) is 19.5 Å². The highest BCUT2D eigenvalue weighted by Gasteiger charge is 2.35. The summed E-state index contributed by atoms with van der Waals surface area (Å²) < 4.78 is 5.25. The van der Waals surface area contributed by atoms with Gasteiger partial charge in [0.2, 0.25) is 11.8 Å². The summed E-state index contributed by atoms with van der Waals surface area (Å²) in [5.74, 6) is -0.686. The molecule has 3 N–H and O–H groups in total. The Morgan fingerprint density at radius 1 is 1.19 bits per heavy atom. The number of aromatic hydroxyl groups is 1. The summed E-state index contributed by atoms with van der Waals surface area (Å²) in [6, 6.07) is 4.62. The highest BCUT2D eigenvalue weighted by Crippen LogP contribution is 2.26. The zero-order chi connectivity index (χ0) is 23.9. The third kappa shape index (κ3) is 7.43. The van der Waals surface area contributed by atoms with Crippen LogP contribution in [0.25, 0.3) is 0 Å². The molecule has 0 aliphatic heterocycles. The van der Waals surface area contributed by atoms with Crippen molar-refractivity contribution in [2.75, 3.05) is 6.54 Å². The molecule has 0 bridgehead atoms. The molecule has 1 fully saturated rings. The maximum absolute atomic E-state index is 13.4. The Kier molecular flexibility index (Phi) is 8.92. The summed E-state index contributed by atoms with van der Waals surface area (Å²) in [6.45, 7) is 8.81. The van der Waals surface area contributed by atoms with Crippen molar-refractivity contribution in [1.82, 2.24) is 15.5 Å². The van der Waals surface area contributed by atoms with Gasteiger partial charge in [0.25, 0.3) is 0 Å². The van der Waals surface area contributed by atoms with Gasteiger partial charge >= 0.3 is 6.09 Å². The summed E-state index contributed by atoms with van der Waals surface area (Å²) >= 11 is 0. The van der Waals surface area contributed by atoms with Crippen LogP contribution in [0.5, 0.6) is 5.75 Å². The average molecular weight is 448 g/mol. The number of phenols is 1. The van der Waals surface area contributed by atoms with E-state index < -0.39 is 29.7 Å². The minimum absolute atomic E-state index is 0.0152. The van der Waals surface area contributed by atoms with E-state index in [2.05, 4.69) is 10.6 Å². The van der Waals surface area contributed by atoms with Crippen LogP contribution in [0.4, 0.5) is 4.79 Å². The van der Waals surface area contributed by atoms with E-state index in [4.69, 9.17) is 4.74 Å². The molecule has 0 radical (unpaired) electrons. The molecule has 0 aromatic heterocycles. The van der Waals surface area contributed by atoms with Gasteiger partial charge < -0.3 is 25.4 Å². The maximum atomic E-state index is 13.4. The molecule has 0 heterocycles. The number of hydrogen-bond acceptors (Lipinski definition) is 5. The lowest BCUT2D eigenvalue weighted by atomic mass is 9.94. The first-order valence-corrected chi connectivity index (χ1v) is 11.4. The summed E-state index contributed by atoms with van der Waals surface area (Å²) in [5, 5.41) is 15.6. The van der Waals surface area contributed by atoms with E-state index >= 15 is 0 Å². The molecule has 32 heavy (non-hydrogen) atoms. The SMILES string of the molecule is CCN(C(=O)C(C)NC(=O)OC(C)(C)C)C(C(=O)NC1CCCCC1)c1cccc(O)c1. The number of amides is 3. The van der Waals surface area contributed by atoms with E-state index in [0.717, 1.165) is 32.1 Å². The Labute approximate surface area is 190 Å².